The average molecular weight is 462 g/mol. The second-order valence-electron chi connectivity index (χ2n) is 9.59. The summed E-state index contributed by atoms with van der Waals surface area (Å²) in [6, 6.07) is 6.05. The maximum absolute atomic E-state index is 13.8. The lowest BCUT2D eigenvalue weighted by Gasteiger charge is -2.35. The van der Waals surface area contributed by atoms with Crippen LogP contribution in [0, 0.1) is 12.8 Å². The molecule has 0 aliphatic rings. The molecule has 7 nitrogen and oxygen atoms in total. The highest BCUT2D eigenvalue weighted by atomic mass is 16.6. The fraction of sp³-hybridized carbons (Fsp3) is 0.654. The van der Waals surface area contributed by atoms with Crippen molar-refractivity contribution in [2.45, 2.75) is 92.3 Å². The number of ether oxygens (including phenoxy) is 1. The molecule has 7 heteroatoms. The number of alkyl carbamates (subject to hydrolysis) is 1. The van der Waals surface area contributed by atoms with E-state index >= 15 is 0 Å². The smallest absolute Gasteiger partial charge is 0.408 e. The van der Waals surface area contributed by atoms with Crippen molar-refractivity contribution in [2.75, 3.05) is 13.1 Å². The van der Waals surface area contributed by atoms with Gasteiger partial charge in [-0.1, -0.05) is 63.4 Å². The molecule has 3 atom stereocenters. The summed E-state index contributed by atoms with van der Waals surface area (Å²) in [5, 5.41) is 5.74. The van der Waals surface area contributed by atoms with E-state index in [1.54, 1.807) is 25.7 Å². The van der Waals surface area contributed by atoms with Gasteiger partial charge in [-0.15, -0.1) is 0 Å². The summed E-state index contributed by atoms with van der Waals surface area (Å²) in [6.45, 7) is 16.0. The Kier molecular flexibility index (Phi) is 11.4. The second-order valence-corrected chi connectivity index (χ2v) is 9.59. The lowest BCUT2D eigenvalue weighted by Crippen LogP contribution is -2.55. The number of rotatable bonds is 11. The molecule has 0 saturated heterocycles. The Bertz CT molecular complexity index is 771. The number of unbranched alkanes of at least 4 members (excludes halogenated alkanes) is 1. The van der Waals surface area contributed by atoms with Crippen LogP contribution in [-0.4, -0.2) is 47.5 Å². The zero-order chi connectivity index (χ0) is 25.2. The number of benzene rings is 1. The predicted molar refractivity (Wildman–Crippen MR) is 132 cm³/mol. The van der Waals surface area contributed by atoms with Gasteiger partial charge in [-0.3, -0.25) is 9.59 Å². The van der Waals surface area contributed by atoms with Crippen molar-refractivity contribution in [3.8, 4) is 0 Å². The average Bonchev–Trinajstić information content (AvgIpc) is 2.74. The molecule has 0 radical (unpaired) electrons. The van der Waals surface area contributed by atoms with Crippen molar-refractivity contribution in [2.24, 2.45) is 5.92 Å². The van der Waals surface area contributed by atoms with Crippen molar-refractivity contribution in [1.82, 2.24) is 15.5 Å². The molecule has 1 aromatic carbocycles. The van der Waals surface area contributed by atoms with Crippen LogP contribution in [0.1, 0.15) is 84.9 Å². The quantitative estimate of drug-likeness (QED) is 0.466. The Morgan fingerprint density at radius 3 is 2.15 bits per heavy atom. The third kappa shape index (κ3) is 9.06. The Morgan fingerprint density at radius 1 is 1.06 bits per heavy atom. The number of nitrogens with zero attached hydrogens (tertiary/aromatic N) is 1. The van der Waals surface area contributed by atoms with E-state index in [0.717, 1.165) is 24.0 Å². The van der Waals surface area contributed by atoms with Crippen LogP contribution in [-0.2, 0) is 14.3 Å². The largest absolute Gasteiger partial charge is 0.444 e. The van der Waals surface area contributed by atoms with E-state index in [1.807, 2.05) is 52.0 Å². The van der Waals surface area contributed by atoms with Gasteiger partial charge in [0.2, 0.25) is 11.8 Å². The monoisotopic (exact) mass is 461 g/mol. The van der Waals surface area contributed by atoms with E-state index in [1.165, 1.54) is 0 Å². The van der Waals surface area contributed by atoms with E-state index in [0.29, 0.717) is 19.5 Å². The van der Waals surface area contributed by atoms with E-state index in [2.05, 4.69) is 17.6 Å². The molecule has 3 amide bonds. The van der Waals surface area contributed by atoms with Gasteiger partial charge in [-0.2, -0.15) is 0 Å². The van der Waals surface area contributed by atoms with Crippen LogP contribution in [0.5, 0.6) is 0 Å². The molecular formula is C26H43N3O4. The second kappa shape index (κ2) is 13.2. The summed E-state index contributed by atoms with van der Waals surface area (Å²) in [7, 11) is 0. The molecule has 0 spiro atoms. The molecule has 33 heavy (non-hydrogen) atoms. The molecule has 2 N–H and O–H groups in total. The molecule has 1 aromatic rings. The van der Waals surface area contributed by atoms with Crippen molar-refractivity contribution in [3.63, 3.8) is 0 Å². The number of likely N-dealkylation sites (N-methyl/N-ethyl adjacent to an activating group) is 1. The lowest BCUT2D eigenvalue weighted by atomic mass is 9.95. The first-order valence-corrected chi connectivity index (χ1v) is 12.1. The molecule has 0 bridgehead atoms. The standard InChI is InChI=1S/C26H43N3O4/c1-9-12-17-27-23(30)22(20-15-13-18(4)14-16-20)29(11-3)24(31)21(19(5)10-2)28-25(32)33-26(6,7)8/h13-16,19,21-22H,9-12,17H2,1-8H3,(H,27,30)(H,28,32). The molecule has 0 fully saturated rings. The number of amides is 3. The van der Waals surface area contributed by atoms with Gasteiger partial charge in [0.1, 0.15) is 17.7 Å². The van der Waals surface area contributed by atoms with Gasteiger partial charge in [0.15, 0.2) is 0 Å². The Morgan fingerprint density at radius 2 is 1.67 bits per heavy atom. The van der Waals surface area contributed by atoms with Crippen LogP contribution in [0.3, 0.4) is 0 Å². The number of hydrogen-bond donors (Lipinski definition) is 2. The minimum Gasteiger partial charge on any atom is -0.444 e. The Hall–Kier alpha value is -2.57. The van der Waals surface area contributed by atoms with Crippen LogP contribution in [0.25, 0.3) is 0 Å². The van der Waals surface area contributed by atoms with E-state index < -0.39 is 23.8 Å². The summed E-state index contributed by atoms with van der Waals surface area (Å²) in [6.07, 6.45) is 1.86. The van der Waals surface area contributed by atoms with Crippen LogP contribution in [0.4, 0.5) is 4.79 Å². The highest BCUT2D eigenvalue weighted by molar-refractivity contribution is 5.92. The van der Waals surface area contributed by atoms with Gasteiger partial charge < -0.3 is 20.3 Å². The number of carbonyl (C=O) groups excluding carboxylic acids is 3. The van der Waals surface area contributed by atoms with Crippen molar-refractivity contribution >= 4 is 17.9 Å². The van der Waals surface area contributed by atoms with Crippen molar-refractivity contribution < 1.29 is 19.1 Å². The van der Waals surface area contributed by atoms with E-state index in [-0.39, 0.29) is 17.7 Å². The molecule has 0 heterocycles. The third-order valence-electron chi connectivity index (χ3n) is 5.56. The Labute approximate surface area is 199 Å². The maximum atomic E-state index is 13.8. The number of aryl methyl sites for hydroxylation is 1. The van der Waals surface area contributed by atoms with Gasteiger partial charge in [-0.25, -0.2) is 4.79 Å². The summed E-state index contributed by atoms with van der Waals surface area (Å²) in [4.78, 5) is 41.1. The lowest BCUT2D eigenvalue weighted by molar-refractivity contribution is -0.143. The van der Waals surface area contributed by atoms with Gasteiger partial charge in [-0.05, 0) is 52.5 Å². The predicted octanol–water partition coefficient (Wildman–Crippen LogP) is 4.74. The van der Waals surface area contributed by atoms with Crippen LogP contribution >= 0.6 is 0 Å². The first kappa shape index (κ1) is 28.5. The molecular weight excluding hydrogens is 418 g/mol. The number of hydrogen-bond acceptors (Lipinski definition) is 4. The van der Waals surface area contributed by atoms with Gasteiger partial charge in [0.25, 0.3) is 0 Å². The van der Waals surface area contributed by atoms with Crippen molar-refractivity contribution in [1.29, 1.82) is 0 Å². The van der Waals surface area contributed by atoms with Crippen molar-refractivity contribution in [3.05, 3.63) is 35.4 Å². The van der Waals surface area contributed by atoms with E-state index in [4.69, 9.17) is 4.74 Å². The first-order valence-electron chi connectivity index (χ1n) is 12.1. The third-order valence-corrected chi connectivity index (χ3v) is 5.56. The van der Waals surface area contributed by atoms with Gasteiger partial charge in [0.05, 0.1) is 0 Å². The number of carbonyl (C=O) groups is 3. The van der Waals surface area contributed by atoms with Gasteiger partial charge >= 0.3 is 6.09 Å². The normalized spacial score (nSPS) is 14.1. The molecule has 0 aromatic heterocycles. The molecule has 0 aliphatic carbocycles. The first-order chi connectivity index (χ1) is 15.4. The minimum atomic E-state index is -0.804. The molecule has 1 rings (SSSR count). The summed E-state index contributed by atoms with van der Waals surface area (Å²) >= 11 is 0. The Balaban J connectivity index is 3.30. The maximum Gasteiger partial charge on any atom is 0.408 e. The summed E-state index contributed by atoms with van der Waals surface area (Å²) in [5.41, 5.74) is 1.13. The van der Waals surface area contributed by atoms with Crippen LogP contribution in [0.15, 0.2) is 24.3 Å². The summed E-state index contributed by atoms with van der Waals surface area (Å²) < 4.78 is 5.40. The molecule has 0 aliphatic heterocycles. The van der Waals surface area contributed by atoms with E-state index in [9.17, 15) is 14.4 Å². The number of nitrogens with one attached hydrogen (secondary N) is 2. The topological polar surface area (TPSA) is 87.7 Å². The molecule has 0 saturated carbocycles. The van der Waals surface area contributed by atoms with Gasteiger partial charge in [0, 0.05) is 13.1 Å². The zero-order valence-corrected chi connectivity index (χ0v) is 21.7. The molecule has 186 valence electrons. The SMILES string of the molecule is CCCCNC(=O)C(c1ccc(C)cc1)N(CC)C(=O)C(NC(=O)OC(C)(C)C)C(C)CC. The van der Waals surface area contributed by atoms with Crippen LogP contribution < -0.4 is 10.6 Å². The summed E-state index contributed by atoms with van der Waals surface area (Å²) in [5.74, 6) is -0.655. The molecule has 3 unspecified atom stereocenters. The highest BCUT2D eigenvalue weighted by Gasteiger charge is 2.37. The van der Waals surface area contributed by atoms with Crippen LogP contribution in [0.2, 0.25) is 0 Å². The fourth-order valence-corrected chi connectivity index (χ4v) is 3.47. The highest BCUT2D eigenvalue weighted by Crippen LogP contribution is 2.25. The zero-order valence-electron chi connectivity index (χ0n) is 21.7. The fourth-order valence-electron chi connectivity index (χ4n) is 3.47. The minimum absolute atomic E-state index is 0.138.